The average Bonchev–Trinajstić information content (AvgIpc) is 2.82. The van der Waals surface area contributed by atoms with Gasteiger partial charge in [-0.05, 0) is 50.6 Å². The third-order valence-corrected chi connectivity index (χ3v) is 5.79. The molecule has 0 atom stereocenters. The lowest BCUT2D eigenvalue weighted by Crippen LogP contribution is -2.22. The highest BCUT2D eigenvalue weighted by molar-refractivity contribution is 6.33. The standard InChI is InChI=1S/C25H21Cl2FN4O3/c1-14-10-21(35-13-15-4-6-16(28)7-5-15)22(27)23(33)32(14)20-11-19(30-12-17(20)26)18-8-9-29-24(31-18)25(2,3)34/h4-12,34H,13H2,1-3H3. The zero-order valence-electron chi connectivity index (χ0n) is 19.1. The van der Waals surface area contributed by atoms with Crippen molar-refractivity contribution >= 4 is 23.2 Å². The maximum atomic E-state index is 13.2. The number of aromatic nitrogens is 4. The lowest BCUT2D eigenvalue weighted by atomic mass is 10.1. The van der Waals surface area contributed by atoms with Crippen LogP contribution in [0.1, 0.15) is 30.9 Å². The quantitative estimate of drug-likeness (QED) is 0.377. The summed E-state index contributed by atoms with van der Waals surface area (Å²) >= 11 is 12.8. The highest BCUT2D eigenvalue weighted by Crippen LogP contribution is 2.29. The summed E-state index contributed by atoms with van der Waals surface area (Å²) in [5, 5.41) is 10.3. The third kappa shape index (κ3) is 5.35. The number of rotatable bonds is 6. The van der Waals surface area contributed by atoms with Crippen molar-refractivity contribution in [2.45, 2.75) is 33.0 Å². The Bertz CT molecular complexity index is 1450. The van der Waals surface area contributed by atoms with Crippen molar-refractivity contribution in [3.8, 4) is 22.8 Å². The number of aryl methyl sites for hydroxylation is 1. The smallest absolute Gasteiger partial charge is 0.277 e. The minimum Gasteiger partial charge on any atom is -0.487 e. The highest BCUT2D eigenvalue weighted by atomic mass is 35.5. The molecule has 35 heavy (non-hydrogen) atoms. The van der Waals surface area contributed by atoms with Crippen LogP contribution in [0.3, 0.4) is 0 Å². The molecule has 180 valence electrons. The Morgan fingerprint density at radius 3 is 2.49 bits per heavy atom. The van der Waals surface area contributed by atoms with Crippen LogP contribution >= 0.6 is 23.2 Å². The van der Waals surface area contributed by atoms with E-state index in [1.54, 1.807) is 51.1 Å². The number of ether oxygens (including phenoxy) is 1. The number of aliphatic hydroxyl groups is 1. The van der Waals surface area contributed by atoms with E-state index in [1.165, 1.54) is 29.1 Å². The molecule has 3 heterocycles. The van der Waals surface area contributed by atoms with Gasteiger partial charge in [-0.3, -0.25) is 14.3 Å². The van der Waals surface area contributed by atoms with Crippen LogP contribution < -0.4 is 10.3 Å². The number of nitrogens with zero attached hydrogens (tertiary/aromatic N) is 4. The summed E-state index contributed by atoms with van der Waals surface area (Å²) in [5.74, 6) is 0.0789. The fraction of sp³-hybridized carbons (Fsp3) is 0.200. The van der Waals surface area contributed by atoms with Crippen LogP contribution in [0.4, 0.5) is 4.39 Å². The largest absolute Gasteiger partial charge is 0.487 e. The molecule has 1 aromatic carbocycles. The normalized spacial score (nSPS) is 11.5. The van der Waals surface area contributed by atoms with Crippen LogP contribution in [-0.2, 0) is 12.2 Å². The molecule has 4 aromatic rings. The summed E-state index contributed by atoms with van der Waals surface area (Å²) in [5.41, 5.74) is 0.710. The Morgan fingerprint density at radius 2 is 1.80 bits per heavy atom. The van der Waals surface area contributed by atoms with Crippen molar-refractivity contribution in [1.82, 2.24) is 19.5 Å². The second-order valence-corrected chi connectivity index (χ2v) is 9.15. The molecule has 7 nitrogen and oxygen atoms in total. The number of hydrogen-bond acceptors (Lipinski definition) is 6. The molecule has 0 aliphatic heterocycles. The molecule has 3 aromatic heterocycles. The lowest BCUT2D eigenvalue weighted by Gasteiger charge is -2.17. The Morgan fingerprint density at radius 1 is 1.09 bits per heavy atom. The minimum absolute atomic E-state index is 0.111. The molecule has 0 unspecified atom stereocenters. The van der Waals surface area contributed by atoms with E-state index in [-0.39, 0.29) is 34.0 Å². The molecule has 0 amide bonds. The van der Waals surface area contributed by atoms with Gasteiger partial charge in [0.2, 0.25) is 0 Å². The van der Waals surface area contributed by atoms with Crippen molar-refractivity contribution in [1.29, 1.82) is 0 Å². The van der Waals surface area contributed by atoms with Gasteiger partial charge < -0.3 is 9.84 Å². The first kappa shape index (κ1) is 24.8. The monoisotopic (exact) mass is 514 g/mol. The Balaban J connectivity index is 1.72. The van der Waals surface area contributed by atoms with Gasteiger partial charge in [-0.15, -0.1) is 0 Å². The first-order valence-corrected chi connectivity index (χ1v) is 11.3. The van der Waals surface area contributed by atoms with Crippen molar-refractivity contribution in [3.05, 3.63) is 98.2 Å². The molecule has 0 saturated heterocycles. The van der Waals surface area contributed by atoms with Crippen molar-refractivity contribution in [2.24, 2.45) is 0 Å². The molecular formula is C25H21Cl2FN4O3. The van der Waals surface area contributed by atoms with Gasteiger partial charge in [0.1, 0.15) is 28.8 Å². The highest BCUT2D eigenvalue weighted by Gasteiger charge is 2.21. The second-order valence-electron chi connectivity index (χ2n) is 8.37. The van der Waals surface area contributed by atoms with E-state index in [0.717, 1.165) is 5.56 Å². The molecule has 0 saturated carbocycles. The van der Waals surface area contributed by atoms with Gasteiger partial charge in [0.25, 0.3) is 5.56 Å². The molecule has 10 heteroatoms. The third-order valence-electron chi connectivity index (χ3n) is 5.15. The van der Waals surface area contributed by atoms with Crippen LogP contribution in [-0.4, -0.2) is 24.6 Å². The minimum atomic E-state index is -1.24. The zero-order valence-corrected chi connectivity index (χ0v) is 20.6. The summed E-state index contributed by atoms with van der Waals surface area (Å²) in [4.78, 5) is 26.0. The molecule has 0 aliphatic rings. The summed E-state index contributed by atoms with van der Waals surface area (Å²) in [7, 11) is 0. The van der Waals surface area contributed by atoms with Crippen LogP contribution in [0.25, 0.3) is 17.1 Å². The molecule has 1 N–H and O–H groups in total. The van der Waals surface area contributed by atoms with Gasteiger partial charge in [0, 0.05) is 24.2 Å². The summed E-state index contributed by atoms with van der Waals surface area (Å²) in [6.07, 6.45) is 2.93. The van der Waals surface area contributed by atoms with Crippen molar-refractivity contribution < 1.29 is 14.2 Å². The van der Waals surface area contributed by atoms with Crippen molar-refractivity contribution in [3.63, 3.8) is 0 Å². The van der Waals surface area contributed by atoms with E-state index in [0.29, 0.717) is 22.8 Å². The fourth-order valence-corrected chi connectivity index (χ4v) is 3.74. The van der Waals surface area contributed by atoms with Crippen molar-refractivity contribution in [2.75, 3.05) is 0 Å². The van der Waals surface area contributed by atoms with Gasteiger partial charge in [-0.2, -0.15) is 0 Å². The topological polar surface area (TPSA) is 90.1 Å². The molecule has 0 bridgehead atoms. The molecule has 0 spiro atoms. The Kier molecular flexibility index (Phi) is 6.89. The van der Waals surface area contributed by atoms with Crippen LogP contribution in [0, 0.1) is 12.7 Å². The van der Waals surface area contributed by atoms with E-state index in [9.17, 15) is 14.3 Å². The summed E-state index contributed by atoms with van der Waals surface area (Å²) < 4.78 is 20.2. The van der Waals surface area contributed by atoms with E-state index >= 15 is 0 Å². The van der Waals surface area contributed by atoms with E-state index < -0.39 is 11.2 Å². The zero-order chi connectivity index (χ0) is 25.3. The maximum Gasteiger partial charge on any atom is 0.277 e. The van der Waals surface area contributed by atoms with Crippen LogP contribution in [0.15, 0.2) is 59.7 Å². The molecule has 0 fully saturated rings. The van der Waals surface area contributed by atoms with Gasteiger partial charge in [-0.25, -0.2) is 14.4 Å². The van der Waals surface area contributed by atoms with Gasteiger partial charge in [0.15, 0.2) is 5.82 Å². The van der Waals surface area contributed by atoms with Crippen LogP contribution in [0.2, 0.25) is 10.0 Å². The van der Waals surface area contributed by atoms with E-state index in [4.69, 9.17) is 27.9 Å². The summed E-state index contributed by atoms with van der Waals surface area (Å²) in [6.45, 7) is 4.99. The molecular weight excluding hydrogens is 494 g/mol. The first-order chi connectivity index (χ1) is 16.5. The number of benzene rings is 1. The predicted octanol–water partition coefficient (Wildman–Crippen LogP) is 5.25. The molecule has 0 aliphatic carbocycles. The number of pyridine rings is 2. The van der Waals surface area contributed by atoms with Gasteiger partial charge in [0.05, 0.1) is 22.1 Å². The van der Waals surface area contributed by atoms with Crippen LogP contribution in [0.5, 0.6) is 5.75 Å². The average molecular weight is 515 g/mol. The summed E-state index contributed by atoms with van der Waals surface area (Å²) in [6, 6.07) is 10.7. The number of halogens is 3. The predicted molar refractivity (Wildman–Crippen MR) is 132 cm³/mol. The van der Waals surface area contributed by atoms with Gasteiger partial charge in [-0.1, -0.05) is 35.3 Å². The first-order valence-electron chi connectivity index (χ1n) is 10.6. The van der Waals surface area contributed by atoms with Gasteiger partial charge >= 0.3 is 0 Å². The lowest BCUT2D eigenvalue weighted by molar-refractivity contribution is 0.0688. The SMILES string of the molecule is Cc1cc(OCc2ccc(F)cc2)c(Cl)c(=O)n1-c1cc(-c2ccnc(C(C)(C)O)n2)ncc1Cl. The Hall–Kier alpha value is -3.33. The fourth-order valence-electron chi connectivity index (χ4n) is 3.36. The van der Waals surface area contributed by atoms with E-state index in [1.807, 2.05) is 0 Å². The maximum absolute atomic E-state index is 13.2. The molecule has 4 rings (SSSR count). The number of hydrogen-bond donors (Lipinski definition) is 1. The van der Waals surface area contributed by atoms with E-state index in [2.05, 4.69) is 15.0 Å². The second kappa shape index (κ2) is 9.73. The molecule has 0 radical (unpaired) electrons. The Labute approximate surface area is 210 Å².